The molecule has 0 unspecified atom stereocenters. The van der Waals surface area contributed by atoms with Gasteiger partial charge in [0.25, 0.3) is 5.91 Å². The Morgan fingerprint density at radius 1 is 0.957 bits per heavy atom. The molecule has 0 radical (unpaired) electrons. The average molecular weight is 757 g/mol. The van der Waals surface area contributed by atoms with E-state index in [9.17, 15) is 14.4 Å². The van der Waals surface area contributed by atoms with Gasteiger partial charge in [-0.3, -0.25) is 4.79 Å². The molecule has 3 aromatic carbocycles. The van der Waals surface area contributed by atoms with Gasteiger partial charge in [-0.05, 0) is 91.2 Å². The third-order valence-electron chi connectivity index (χ3n) is 6.88. The van der Waals surface area contributed by atoms with Crippen molar-refractivity contribution in [2.24, 2.45) is 5.10 Å². The fourth-order valence-corrected chi connectivity index (χ4v) is 5.45. The molecule has 3 N–H and O–H groups in total. The molecule has 47 heavy (non-hydrogen) atoms. The van der Waals surface area contributed by atoms with Crippen LogP contribution in [0.4, 0.5) is 4.79 Å². The summed E-state index contributed by atoms with van der Waals surface area (Å²) >= 11 is 2.18. The summed E-state index contributed by atoms with van der Waals surface area (Å²) in [5, 5.41) is 9.41. The highest BCUT2D eigenvalue weighted by Crippen LogP contribution is 2.36. The zero-order valence-electron chi connectivity index (χ0n) is 26.8. The molecule has 3 aromatic rings. The number of halogens is 1. The highest BCUT2D eigenvalue weighted by molar-refractivity contribution is 14.1. The van der Waals surface area contributed by atoms with Crippen molar-refractivity contribution in [3.05, 3.63) is 91.7 Å². The molecular weight excluding hydrogens is 719 g/mol. The lowest BCUT2D eigenvalue weighted by atomic mass is 9.95. The molecule has 12 nitrogen and oxygen atoms in total. The van der Waals surface area contributed by atoms with Gasteiger partial charge in [-0.25, -0.2) is 15.0 Å². The van der Waals surface area contributed by atoms with Crippen molar-refractivity contribution >= 4 is 46.7 Å². The van der Waals surface area contributed by atoms with E-state index in [1.165, 1.54) is 18.9 Å². The Balaban J connectivity index is 1.38. The second-order valence-electron chi connectivity index (χ2n) is 10.3. The van der Waals surface area contributed by atoms with Crippen LogP contribution in [-0.2, 0) is 20.9 Å². The lowest BCUT2D eigenvalue weighted by molar-refractivity contribution is -0.139. The summed E-state index contributed by atoms with van der Waals surface area (Å²) in [6.07, 6.45) is 1.51. The van der Waals surface area contributed by atoms with Crippen molar-refractivity contribution in [1.29, 1.82) is 0 Å². The third-order valence-corrected chi connectivity index (χ3v) is 7.68. The average Bonchev–Trinajstić information content (AvgIpc) is 3.04. The highest BCUT2D eigenvalue weighted by atomic mass is 127. The molecule has 1 atom stereocenters. The fourth-order valence-electron chi connectivity index (χ4n) is 4.67. The minimum Gasteiger partial charge on any atom is -0.493 e. The van der Waals surface area contributed by atoms with E-state index in [1.54, 1.807) is 38.1 Å². The summed E-state index contributed by atoms with van der Waals surface area (Å²) < 4.78 is 29.1. The van der Waals surface area contributed by atoms with Crippen molar-refractivity contribution in [2.75, 3.05) is 26.9 Å². The molecule has 1 heterocycles. The van der Waals surface area contributed by atoms with Crippen LogP contribution in [0.3, 0.4) is 0 Å². The van der Waals surface area contributed by atoms with E-state index in [2.05, 4.69) is 43.8 Å². The van der Waals surface area contributed by atoms with Crippen molar-refractivity contribution in [1.82, 2.24) is 16.1 Å². The third kappa shape index (κ3) is 9.37. The SMILES string of the molecule is CCOC(=O)C1=C(C)NC(=O)N[C@H]1c1ccc(OCC(=O)N/N=C\c2cc(I)c(OCc3ccc(C)cc3)c(OCC)c2)c(OC)c1. The maximum absolute atomic E-state index is 12.6. The number of nitrogens with one attached hydrogen (secondary N) is 3. The van der Waals surface area contributed by atoms with Gasteiger partial charge in [0.15, 0.2) is 29.6 Å². The summed E-state index contributed by atoms with van der Waals surface area (Å²) in [5.74, 6) is 0.737. The van der Waals surface area contributed by atoms with E-state index in [0.29, 0.717) is 47.3 Å². The number of esters is 1. The van der Waals surface area contributed by atoms with Crippen LogP contribution in [0.1, 0.15) is 49.1 Å². The first-order chi connectivity index (χ1) is 22.6. The van der Waals surface area contributed by atoms with Gasteiger partial charge in [0, 0.05) is 5.70 Å². The first-order valence-electron chi connectivity index (χ1n) is 14.9. The second-order valence-corrected chi connectivity index (χ2v) is 11.5. The first kappa shape index (κ1) is 35.1. The monoisotopic (exact) mass is 756 g/mol. The number of allylic oxidation sites excluding steroid dienone is 1. The molecule has 0 saturated carbocycles. The topological polar surface area (TPSA) is 146 Å². The van der Waals surface area contributed by atoms with Gasteiger partial charge in [-0.15, -0.1) is 0 Å². The van der Waals surface area contributed by atoms with Crippen LogP contribution in [0.15, 0.2) is 71.0 Å². The summed E-state index contributed by atoms with van der Waals surface area (Å²) in [6.45, 7) is 7.94. The smallest absolute Gasteiger partial charge is 0.338 e. The number of hydrogen-bond acceptors (Lipinski definition) is 9. The number of carbonyl (C=O) groups excluding carboxylic acids is 3. The molecule has 4 rings (SSSR count). The van der Waals surface area contributed by atoms with Crippen LogP contribution in [0.2, 0.25) is 0 Å². The van der Waals surface area contributed by atoms with Gasteiger partial charge in [-0.1, -0.05) is 35.9 Å². The van der Waals surface area contributed by atoms with Gasteiger partial charge >= 0.3 is 12.0 Å². The standard InChI is InChI=1S/C34H37IN4O8/c1-6-44-28-15-23(14-25(35)32(28)47-18-22-10-8-20(3)9-11-22)17-36-39-29(40)19-46-26-13-12-24(16-27(26)43-5)31-30(33(41)45-7-2)21(4)37-34(42)38-31/h8-17,31H,6-7,18-19H2,1-5H3,(H,39,40)(H2,37,38,42)/b36-17-/t31-/m0/s1. The number of ether oxygens (including phenoxy) is 5. The number of rotatable bonds is 14. The molecule has 13 heteroatoms. The Hall–Kier alpha value is -4.79. The van der Waals surface area contributed by atoms with E-state index in [0.717, 1.165) is 9.13 Å². The lowest BCUT2D eigenvalue weighted by Gasteiger charge is -2.28. The number of benzene rings is 3. The van der Waals surface area contributed by atoms with Crippen LogP contribution < -0.4 is 35.0 Å². The fraction of sp³-hybridized carbons (Fsp3) is 0.294. The van der Waals surface area contributed by atoms with E-state index >= 15 is 0 Å². The molecule has 0 spiro atoms. The number of hydrogen-bond donors (Lipinski definition) is 3. The zero-order valence-corrected chi connectivity index (χ0v) is 28.9. The van der Waals surface area contributed by atoms with Crippen LogP contribution >= 0.6 is 22.6 Å². The van der Waals surface area contributed by atoms with Crippen LogP contribution in [0, 0.1) is 10.5 Å². The zero-order chi connectivity index (χ0) is 33.9. The number of hydrazone groups is 1. The molecule has 1 aliphatic rings. The minimum atomic E-state index is -0.775. The minimum absolute atomic E-state index is 0.183. The molecule has 0 aromatic heterocycles. The predicted molar refractivity (Wildman–Crippen MR) is 184 cm³/mol. The van der Waals surface area contributed by atoms with Crippen LogP contribution in [0.25, 0.3) is 0 Å². The molecule has 3 amide bonds. The van der Waals surface area contributed by atoms with Gasteiger partial charge in [0.2, 0.25) is 0 Å². The molecule has 0 bridgehead atoms. The second kappa shape index (κ2) is 16.7. The molecule has 0 fully saturated rings. The Morgan fingerprint density at radius 2 is 1.72 bits per heavy atom. The number of methoxy groups -OCH3 is 1. The molecule has 0 saturated heterocycles. The molecule has 248 valence electrons. The van der Waals surface area contributed by atoms with E-state index in [4.69, 9.17) is 23.7 Å². The van der Waals surface area contributed by atoms with Gasteiger partial charge in [0.05, 0.1) is 41.7 Å². The normalized spacial score (nSPS) is 14.3. The largest absolute Gasteiger partial charge is 0.493 e. The number of carbonyl (C=O) groups is 3. The van der Waals surface area contributed by atoms with E-state index in [-0.39, 0.29) is 24.5 Å². The Kier molecular flexibility index (Phi) is 12.4. The molecule has 1 aliphatic heterocycles. The highest BCUT2D eigenvalue weighted by Gasteiger charge is 2.32. The van der Waals surface area contributed by atoms with E-state index in [1.807, 2.05) is 44.2 Å². The maximum atomic E-state index is 12.6. The Bertz CT molecular complexity index is 1670. The van der Waals surface area contributed by atoms with Crippen molar-refractivity contribution in [3.63, 3.8) is 0 Å². The summed E-state index contributed by atoms with van der Waals surface area (Å²) in [7, 11) is 1.45. The number of urea groups is 1. The summed E-state index contributed by atoms with van der Waals surface area (Å²) in [6, 6.07) is 15.5. The number of amides is 3. The Morgan fingerprint density at radius 3 is 2.43 bits per heavy atom. The molecular formula is C34H37IN4O8. The summed E-state index contributed by atoms with van der Waals surface area (Å²) in [4.78, 5) is 37.4. The van der Waals surface area contributed by atoms with Gasteiger partial charge in [0.1, 0.15) is 6.61 Å². The number of aryl methyl sites for hydroxylation is 1. The lowest BCUT2D eigenvalue weighted by Crippen LogP contribution is -2.45. The quantitative estimate of drug-likeness (QED) is 0.0870. The van der Waals surface area contributed by atoms with Crippen LogP contribution in [0.5, 0.6) is 23.0 Å². The van der Waals surface area contributed by atoms with E-state index < -0.39 is 23.9 Å². The predicted octanol–water partition coefficient (Wildman–Crippen LogP) is 5.31. The molecule has 0 aliphatic carbocycles. The van der Waals surface area contributed by atoms with Crippen molar-refractivity contribution in [3.8, 4) is 23.0 Å². The van der Waals surface area contributed by atoms with Crippen LogP contribution in [-0.4, -0.2) is 51.1 Å². The van der Waals surface area contributed by atoms with Crippen molar-refractivity contribution in [2.45, 2.75) is 40.3 Å². The maximum Gasteiger partial charge on any atom is 0.338 e. The first-order valence-corrected chi connectivity index (χ1v) is 15.9. The Labute approximate surface area is 287 Å². The van der Waals surface area contributed by atoms with Crippen molar-refractivity contribution < 1.29 is 38.1 Å². The summed E-state index contributed by atoms with van der Waals surface area (Å²) in [5.41, 5.74) is 6.61. The van der Waals surface area contributed by atoms with Gasteiger partial charge in [-0.2, -0.15) is 5.10 Å². The van der Waals surface area contributed by atoms with Gasteiger partial charge < -0.3 is 34.3 Å². The number of nitrogens with zero attached hydrogens (tertiary/aromatic N) is 1.